The largest absolute Gasteiger partial charge is 0.454 e. The number of furan rings is 4. The number of para-hydroxylation sites is 6. The van der Waals surface area contributed by atoms with Gasteiger partial charge in [-0.1, -0.05) is 170 Å². The fourth-order valence-electron chi connectivity index (χ4n) is 13.3. The Kier molecular flexibility index (Phi) is 10.7. The molecule has 0 saturated heterocycles. The maximum Gasteiger partial charge on any atom is 0.159 e. The molecule has 13 aromatic carbocycles. The van der Waals surface area contributed by atoms with Gasteiger partial charge in [-0.2, -0.15) is 10.5 Å². The Morgan fingerprint density at radius 1 is 0.302 bits per heavy atom. The van der Waals surface area contributed by atoms with Crippen molar-refractivity contribution in [2.75, 3.05) is 9.80 Å². The number of anilines is 6. The van der Waals surface area contributed by atoms with Crippen molar-refractivity contribution in [3.63, 3.8) is 0 Å². The number of benzene rings is 13. The highest BCUT2D eigenvalue weighted by molar-refractivity contribution is 6.25. The zero-order valence-electron chi connectivity index (χ0n) is 46.5. The van der Waals surface area contributed by atoms with Gasteiger partial charge in [0.05, 0.1) is 16.9 Å². The van der Waals surface area contributed by atoms with Crippen molar-refractivity contribution in [2.45, 2.75) is 13.8 Å². The van der Waals surface area contributed by atoms with Gasteiger partial charge in [0, 0.05) is 77.0 Å². The lowest BCUT2D eigenvalue weighted by molar-refractivity contribution is 0.654. The zero-order valence-corrected chi connectivity index (χ0v) is 46.5. The van der Waals surface area contributed by atoms with Crippen LogP contribution in [0.15, 0.2) is 260 Å². The molecule has 0 atom stereocenters. The van der Waals surface area contributed by atoms with Crippen molar-refractivity contribution in [3.05, 3.63) is 265 Å². The van der Waals surface area contributed by atoms with Crippen molar-refractivity contribution < 1.29 is 17.7 Å². The number of nitrogens with zero attached hydrogens (tertiary/aromatic N) is 4. The standard InChI is InChI=1S/C78H46N4O4/c1-45-17-9-11-29-65(45)81(67-31-15-27-59-57-25-13-23-55(73(57)85-75(59)67)47-19-5-3-6-20-47)53-35-33-49-39-61-69(41-51(49)37-53)83-77-64(44-80)78-72(63(43-79)71(61)77)62-40-50-34-36-54(38-52(50)42-70(62)84-78)82(66-30-12-10-18-46(66)2)68-32-16-28-60-58-26-14-24-56(74(58)86-76(60)68)48-21-7-4-8-22-48/h3-42H,1-2H3. The smallest absolute Gasteiger partial charge is 0.159 e. The first-order chi connectivity index (χ1) is 42.4. The van der Waals surface area contributed by atoms with Crippen LogP contribution in [0.2, 0.25) is 0 Å². The summed E-state index contributed by atoms with van der Waals surface area (Å²) in [4.78, 5) is 4.53. The molecule has 8 nitrogen and oxygen atoms in total. The Balaban J connectivity index is 0.803. The molecule has 0 bridgehead atoms. The second-order valence-electron chi connectivity index (χ2n) is 22.2. The minimum Gasteiger partial charge on any atom is -0.454 e. The van der Waals surface area contributed by atoms with Gasteiger partial charge in [0.15, 0.2) is 22.3 Å². The number of hydrogen-bond acceptors (Lipinski definition) is 8. The highest BCUT2D eigenvalue weighted by Gasteiger charge is 2.28. The van der Waals surface area contributed by atoms with Gasteiger partial charge >= 0.3 is 0 Å². The lowest BCUT2D eigenvalue weighted by Crippen LogP contribution is -2.11. The summed E-state index contributed by atoms with van der Waals surface area (Å²) in [7, 11) is 0. The molecular formula is C78H46N4O4. The third-order valence-corrected chi connectivity index (χ3v) is 17.3. The minimum absolute atomic E-state index is 0.232. The van der Waals surface area contributed by atoms with E-state index in [-0.39, 0.29) is 5.56 Å². The number of nitriles is 2. The molecule has 17 aromatic rings. The van der Waals surface area contributed by atoms with Gasteiger partial charge in [0.25, 0.3) is 0 Å². The molecule has 4 heterocycles. The summed E-state index contributed by atoms with van der Waals surface area (Å²) in [6, 6.07) is 88.8. The molecule has 402 valence electrons. The minimum atomic E-state index is 0.232. The molecule has 0 fully saturated rings. The molecule has 0 aliphatic carbocycles. The first-order valence-electron chi connectivity index (χ1n) is 28.7. The molecule has 0 aliphatic rings. The number of aryl methyl sites for hydroxylation is 2. The predicted octanol–water partition coefficient (Wildman–Crippen LogP) is 22.2. The van der Waals surface area contributed by atoms with Gasteiger partial charge in [-0.05, 0) is 130 Å². The van der Waals surface area contributed by atoms with Crippen LogP contribution >= 0.6 is 0 Å². The van der Waals surface area contributed by atoms with Crippen molar-refractivity contribution >= 4 is 143 Å². The van der Waals surface area contributed by atoms with E-state index in [4.69, 9.17) is 17.7 Å². The Labute approximate surface area is 492 Å². The van der Waals surface area contributed by atoms with Gasteiger partial charge in [0.1, 0.15) is 40.0 Å². The van der Waals surface area contributed by atoms with E-state index in [2.05, 4.69) is 254 Å². The van der Waals surface area contributed by atoms with Crippen molar-refractivity contribution in [1.29, 1.82) is 10.5 Å². The summed E-state index contributed by atoms with van der Waals surface area (Å²) >= 11 is 0. The Bertz CT molecular complexity index is 5450. The lowest BCUT2D eigenvalue weighted by atomic mass is 9.96. The van der Waals surface area contributed by atoms with Gasteiger partial charge in [-0.15, -0.1) is 0 Å². The van der Waals surface area contributed by atoms with Gasteiger partial charge in [0.2, 0.25) is 0 Å². The fourth-order valence-corrected chi connectivity index (χ4v) is 13.3. The first-order valence-corrected chi connectivity index (χ1v) is 28.7. The second-order valence-corrected chi connectivity index (χ2v) is 22.2. The first kappa shape index (κ1) is 48.8. The molecule has 0 amide bonds. The molecule has 0 aliphatic heterocycles. The van der Waals surface area contributed by atoms with Crippen LogP contribution in [0.3, 0.4) is 0 Å². The highest BCUT2D eigenvalue weighted by atomic mass is 16.3. The number of hydrogen-bond donors (Lipinski definition) is 0. The number of rotatable bonds is 8. The van der Waals surface area contributed by atoms with E-state index in [0.717, 1.165) is 144 Å². The van der Waals surface area contributed by atoms with E-state index < -0.39 is 0 Å². The van der Waals surface area contributed by atoms with Crippen molar-refractivity contribution in [1.82, 2.24) is 0 Å². The molecule has 4 aromatic heterocycles. The molecule has 86 heavy (non-hydrogen) atoms. The van der Waals surface area contributed by atoms with Crippen LogP contribution in [0, 0.1) is 36.5 Å². The topological polar surface area (TPSA) is 107 Å². The lowest BCUT2D eigenvalue weighted by Gasteiger charge is -2.27. The van der Waals surface area contributed by atoms with E-state index in [1.165, 1.54) is 0 Å². The highest BCUT2D eigenvalue weighted by Crippen LogP contribution is 2.50. The van der Waals surface area contributed by atoms with Crippen LogP contribution in [0.1, 0.15) is 22.3 Å². The van der Waals surface area contributed by atoms with Gasteiger partial charge in [-0.3, -0.25) is 0 Å². The Morgan fingerprint density at radius 2 is 0.698 bits per heavy atom. The maximum atomic E-state index is 11.3. The van der Waals surface area contributed by atoms with E-state index in [1.807, 2.05) is 24.3 Å². The quantitative estimate of drug-likeness (QED) is 0.148. The van der Waals surface area contributed by atoms with Crippen LogP contribution in [-0.4, -0.2) is 0 Å². The SMILES string of the molecule is Cc1ccccc1N(c1ccc2cc3c(cc2c1)oc1c(C#N)c2oc4cc5cc(N(c6ccccc6C)c6cccc7c6oc6c(-c8ccccc8)cccc67)ccc5cc4c2c(C#N)c13)c1cccc2c1oc1c(-c3ccccc3)cccc12. The molecule has 0 spiro atoms. The van der Waals surface area contributed by atoms with E-state index >= 15 is 0 Å². The maximum absolute atomic E-state index is 11.3. The predicted molar refractivity (Wildman–Crippen MR) is 350 cm³/mol. The van der Waals surface area contributed by atoms with E-state index in [9.17, 15) is 10.5 Å². The van der Waals surface area contributed by atoms with Crippen molar-refractivity contribution in [2.24, 2.45) is 0 Å². The summed E-state index contributed by atoms with van der Waals surface area (Å²) in [5, 5.41) is 32.9. The Morgan fingerprint density at radius 3 is 1.13 bits per heavy atom. The van der Waals surface area contributed by atoms with Crippen LogP contribution in [0.5, 0.6) is 0 Å². The van der Waals surface area contributed by atoms with Crippen LogP contribution in [0.4, 0.5) is 34.1 Å². The van der Waals surface area contributed by atoms with E-state index in [1.54, 1.807) is 0 Å². The average Bonchev–Trinajstić information content (AvgIpc) is 1.61. The van der Waals surface area contributed by atoms with Crippen LogP contribution < -0.4 is 9.80 Å². The molecule has 8 heteroatoms. The van der Waals surface area contributed by atoms with Gasteiger partial charge in [-0.25, -0.2) is 0 Å². The molecule has 0 N–H and O–H groups in total. The zero-order chi connectivity index (χ0) is 57.3. The molecule has 17 rings (SSSR count). The summed E-state index contributed by atoms with van der Waals surface area (Å²) in [6.07, 6.45) is 0. The molecule has 0 saturated carbocycles. The molecule has 0 radical (unpaired) electrons. The third-order valence-electron chi connectivity index (χ3n) is 17.3. The summed E-state index contributed by atoms with van der Waals surface area (Å²) in [5.74, 6) is 0. The van der Waals surface area contributed by atoms with Crippen LogP contribution in [0.25, 0.3) is 132 Å². The fraction of sp³-hybridized carbons (Fsp3) is 0.0256. The normalized spacial score (nSPS) is 11.8. The van der Waals surface area contributed by atoms with Gasteiger partial charge < -0.3 is 27.5 Å². The molecule has 0 unspecified atom stereocenters. The Hall–Kier alpha value is -11.8. The van der Waals surface area contributed by atoms with E-state index in [0.29, 0.717) is 38.7 Å². The number of fused-ring (bicyclic) bond motifs is 14. The summed E-state index contributed by atoms with van der Waals surface area (Å²) in [6.45, 7) is 4.25. The summed E-state index contributed by atoms with van der Waals surface area (Å²) < 4.78 is 27.5. The summed E-state index contributed by atoms with van der Waals surface area (Å²) in [5.41, 5.74) is 17.6. The third kappa shape index (κ3) is 7.27. The average molecular weight is 1100 g/mol. The molecular weight excluding hydrogens is 1060 g/mol. The second kappa shape index (κ2) is 18.9. The monoisotopic (exact) mass is 1100 g/mol. The van der Waals surface area contributed by atoms with Crippen molar-refractivity contribution in [3.8, 4) is 34.4 Å². The van der Waals surface area contributed by atoms with Crippen LogP contribution in [-0.2, 0) is 0 Å².